The third-order valence-corrected chi connectivity index (χ3v) is 3.49. The fourth-order valence-corrected chi connectivity index (χ4v) is 2.20. The molecule has 2 amide bonds. The minimum atomic E-state index is -0.510. The molecular formula is C19H21N3O2. The number of carbonyl (C=O) groups excluding carboxylic acids is 1. The maximum Gasteiger partial charge on any atom is 0.322 e. The number of nitriles is 1. The highest BCUT2D eigenvalue weighted by molar-refractivity contribution is 5.90. The molecule has 0 saturated heterocycles. The van der Waals surface area contributed by atoms with Gasteiger partial charge in [0.2, 0.25) is 0 Å². The van der Waals surface area contributed by atoms with Crippen LogP contribution in [-0.2, 0) is 0 Å². The second kappa shape index (κ2) is 8.02. The highest BCUT2D eigenvalue weighted by atomic mass is 16.5. The van der Waals surface area contributed by atoms with Crippen LogP contribution in [0.2, 0.25) is 0 Å². The number of hydrogen-bond donors (Lipinski definition) is 2. The Hall–Kier alpha value is -3.00. The van der Waals surface area contributed by atoms with Crippen LogP contribution in [-0.4, -0.2) is 12.3 Å². The summed E-state index contributed by atoms with van der Waals surface area (Å²) in [5, 5.41) is 14.4. The Morgan fingerprint density at radius 3 is 2.38 bits per heavy atom. The van der Waals surface area contributed by atoms with Crippen LogP contribution in [0.15, 0.2) is 48.5 Å². The van der Waals surface area contributed by atoms with E-state index in [4.69, 9.17) is 10.00 Å². The number of hydrogen-bond acceptors (Lipinski definition) is 3. The molecule has 0 heterocycles. The molecule has 0 fully saturated rings. The van der Waals surface area contributed by atoms with Crippen LogP contribution in [0, 0.1) is 11.3 Å². The van der Waals surface area contributed by atoms with Crippen molar-refractivity contribution in [3.8, 4) is 11.8 Å². The highest BCUT2D eigenvalue weighted by Gasteiger charge is 2.10. The second-order valence-electron chi connectivity index (χ2n) is 5.74. The summed E-state index contributed by atoms with van der Waals surface area (Å²) < 4.78 is 5.68. The summed E-state index contributed by atoms with van der Waals surface area (Å²) in [4.78, 5) is 12.0. The highest BCUT2D eigenvalue weighted by Crippen LogP contribution is 2.19. The molecule has 0 bridgehead atoms. The van der Waals surface area contributed by atoms with Gasteiger partial charge < -0.3 is 15.4 Å². The molecule has 5 heteroatoms. The number of rotatable bonds is 5. The normalized spacial score (nSPS) is 11.5. The molecule has 2 N–H and O–H groups in total. The van der Waals surface area contributed by atoms with E-state index in [9.17, 15) is 4.79 Å². The Bertz CT molecular complexity index is 733. The van der Waals surface area contributed by atoms with Crippen LogP contribution in [0.1, 0.15) is 37.8 Å². The Morgan fingerprint density at radius 2 is 1.75 bits per heavy atom. The maximum absolute atomic E-state index is 12.0. The number of anilines is 1. The van der Waals surface area contributed by atoms with Gasteiger partial charge in [-0.2, -0.15) is 5.26 Å². The first-order valence-corrected chi connectivity index (χ1v) is 7.83. The van der Waals surface area contributed by atoms with Crippen molar-refractivity contribution < 1.29 is 9.53 Å². The van der Waals surface area contributed by atoms with Crippen LogP contribution in [0.3, 0.4) is 0 Å². The standard InChI is InChI=1S/C19H21N3O2/c1-13(2)15-8-10-17(11-9-15)24-14(3)21-19(23)22-18-7-5-4-6-16(18)12-20/h4-11,13-14H,1-3H3,(H2,21,22,23). The summed E-state index contributed by atoms with van der Waals surface area (Å²) >= 11 is 0. The minimum absolute atomic E-state index is 0.408. The molecule has 124 valence electrons. The van der Waals surface area contributed by atoms with Gasteiger partial charge in [-0.15, -0.1) is 0 Å². The zero-order valence-corrected chi connectivity index (χ0v) is 14.0. The second-order valence-corrected chi connectivity index (χ2v) is 5.74. The van der Waals surface area contributed by atoms with Crippen LogP contribution in [0.4, 0.5) is 10.5 Å². The first-order valence-electron chi connectivity index (χ1n) is 7.83. The van der Waals surface area contributed by atoms with Crippen molar-refractivity contribution in [3.63, 3.8) is 0 Å². The minimum Gasteiger partial charge on any atom is -0.471 e. The van der Waals surface area contributed by atoms with Gasteiger partial charge >= 0.3 is 6.03 Å². The molecular weight excluding hydrogens is 302 g/mol. The van der Waals surface area contributed by atoms with Crippen molar-refractivity contribution in [2.45, 2.75) is 32.9 Å². The molecule has 2 rings (SSSR count). The zero-order chi connectivity index (χ0) is 17.5. The molecule has 0 aliphatic carbocycles. The van der Waals surface area contributed by atoms with E-state index in [0.29, 0.717) is 22.9 Å². The summed E-state index contributed by atoms with van der Waals surface area (Å²) in [5.41, 5.74) is 2.10. The monoisotopic (exact) mass is 323 g/mol. The van der Waals surface area contributed by atoms with Crippen LogP contribution >= 0.6 is 0 Å². The zero-order valence-electron chi connectivity index (χ0n) is 14.0. The van der Waals surface area contributed by atoms with Gasteiger partial charge in [-0.3, -0.25) is 0 Å². The van der Waals surface area contributed by atoms with E-state index in [1.165, 1.54) is 5.56 Å². The fraction of sp³-hybridized carbons (Fsp3) is 0.263. The van der Waals surface area contributed by atoms with Crippen molar-refractivity contribution in [2.24, 2.45) is 0 Å². The molecule has 1 unspecified atom stereocenters. The number of nitrogens with zero attached hydrogens (tertiary/aromatic N) is 1. The van der Waals surface area contributed by atoms with E-state index in [2.05, 4.69) is 24.5 Å². The van der Waals surface area contributed by atoms with Crippen molar-refractivity contribution in [1.29, 1.82) is 5.26 Å². The van der Waals surface area contributed by atoms with Gasteiger partial charge in [0.25, 0.3) is 0 Å². The van der Waals surface area contributed by atoms with E-state index >= 15 is 0 Å². The lowest BCUT2D eigenvalue weighted by molar-refractivity contribution is 0.183. The summed E-state index contributed by atoms with van der Waals surface area (Å²) in [6.07, 6.45) is -0.510. The molecule has 2 aromatic carbocycles. The lowest BCUT2D eigenvalue weighted by atomic mass is 10.0. The molecule has 2 aromatic rings. The molecule has 0 aromatic heterocycles. The molecule has 0 spiro atoms. The average Bonchev–Trinajstić information content (AvgIpc) is 2.55. The topological polar surface area (TPSA) is 74.2 Å². The van der Waals surface area contributed by atoms with E-state index in [1.54, 1.807) is 31.2 Å². The van der Waals surface area contributed by atoms with Crippen molar-refractivity contribution in [3.05, 3.63) is 59.7 Å². The van der Waals surface area contributed by atoms with Crippen LogP contribution < -0.4 is 15.4 Å². The number of nitrogens with one attached hydrogen (secondary N) is 2. The van der Waals surface area contributed by atoms with Gasteiger partial charge in [0.15, 0.2) is 6.23 Å². The molecule has 24 heavy (non-hydrogen) atoms. The van der Waals surface area contributed by atoms with E-state index in [1.807, 2.05) is 30.3 Å². The lowest BCUT2D eigenvalue weighted by Crippen LogP contribution is -2.39. The summed E-state index contributed by atoms with van der Waals surface area (Å²) in [7, 11) is 0. The summed E-state index contributed by atoms with van der Waals surface area (Å²) in [6, 6.07) is 16.2. The van der Waals surface area contributed by atoms with Crippen molar-refractivity contribution in [1.82, 2.24) is 5.32 Å². The van der Waals surface area contributed by atoms with E-state index < -0.39 is 12.3 Å². The van der Waals surface area contributed by atoms with E-state index in [0.717, 1.165) is 0 Å². The average molecular weight is 323 g/mol. The molecule has 0 radical (unpaired) electrons. The van der Waals surface area contributed by atoms with Gasteiger partial charge in [0, 0.05) is 0 Å². The number of carbonyl (C=O) groups is 1. The third kappa shape index (κ3) is 4.75. The molecule has 1 atom stereocenters. The largest absolute Gasteiger partial charge is 0.471 e. The van der Waals surface area contributed by atoms with Crippen molar-refractivity contribution >= 4 is 11.7 Å². The Morgan fingerprint density at radius 1 is 1.08 bits per heavy atom. The predicted octanol–water partition coefficient (Wildman–Crippen LogP) is 4.23. The molecule has 5 nitrogen and oxygen atoms in total. The molecule has 0 saturated carbocycles. The maximum atomic E-state index is 12.0. The van der Waals surface area contributed by atoms with Crippen molar-refractivity contribution in [2.75, 3.05) is 5.32 Å². The Labute approximate surface area is 142 Å². The van der Waals surface area contributed by atoms with Crippen LogP contribution in [0.25, 0.3) is 0 Å². The Balaban J connectivity index is 1.91. The fourth-order valence-electron chi connectivity index (χ4n) is 2.20. The number of ether oxygens (including phenoxy) is 1. The number of benzene rings is 2. The quantitative estimate of drug-likeness (QED) is 0.809. The lowest BCUT2D eigenvalue weighted by Gasteiger charge is -2.17. The van der Waals surface area contributed by atoms with Gasteiger partial charge in [-0.1, -0.05) is 38.1 Å². The summed E-state index contributed by atoms with van der Waals surface area (Å²) in [6.45, 7) is 6.00. The Kier molecular flexibility index (Phi) is 5.80. The van der Waals surface area contributed by atoms with Gasteiger partial charge in [0.05, 0.1) is 11.3 Å². The van der Waals surface area contributed by atoms with Gasteiger partial charge in [-0.05, 0) is 42.7 Å². The summed E-state index contributed by atoms with van der Waals surface area (Å²) in [5.74, 6) is 1.14. The van der Waals surface area contributed by atoms with Gasteiger partial charge in [0.1, 0.15) is 11.8 Å². The molecule has 0 aliphatic heterocycles. The van der Waals surface area contributed by atoms with Gasteiger partial charge in [-0.25, -0.2) is 4.79 Å². The number of amides is 2. The smallest absolute Gasteiger partial charge is 0.322 e. The van der Waals surface area contributed by atoms with E-state index in [-0.39, 0.29) is 0 Å². The first-order chi connectivity index (χ1) is 11.5. The number of urea groups is 1. The number of para-hydroxylation sites is 1. The molecule has 0 aliphatic rings. The predicted molar refractivity (Wildman–Crippen MR) is 93.9 cm³/mol. The van der Waals surface area contributed by atoms with Crippen LogP contribution in [0.5, 0.6) is 5.75 Å². The first kappa shape index (κ1) is 17.4. The SMILES string of the molecule is CC(NC(=O)Nc1ccccc1C#N)Oc1ccc(C(C)C)cc1. The third-order valence-electron chi connectivity index (χ3n) is 3.49.